The molecule has 0 spiro atoms. The highest BCUT2D eigenvalue weighted by Gasteiger charge is 2.29. The van der Waals surface area contributed by atoms with Crippen LogP contribution in [0.1, 0.15) is 23.6 Å². The van der Waals surface area contributed by atoms with Crippen LogP contribution in [0, 0.1) is 0 Å². The molecule has 0 bridgehead atoms. The Balaban J connectivity index is 1.96. The molecule has 25 heavy (non-hydrogen) atoms. The molecule has 0 saturated heterocycles. The highest BCUT2D eigenvalue weighted by atomic mass is 19.4. The van der Waals surface area contributed by atoms with Crippen molar-refractivity contribution in [1.82, 2.24) is 10.6 Å². The van der Waals surface area contributed by atoms with E-state index in [4.69, 9.17) is 0 Å². The molecule has 0 heterocycles. The van der Waals surface area contributed by atoms with Crippen molar-refractivity contribution in [3.8, 4) is 5.75 Å². The lowest BCUT2D eigenvalue weighted by atomic mass is 10.1. The number of halogens is 3. The Kier molecular flexibility index (Phi) is 6.27. The van der Waals surface area contributed by atoms with Crippen molar-refractivity contribution in [3.05, 3.63) is 65.2 Å². The smallest absolute Gasteiger partial charge is 0.416 e. The molecule has 0 aliphatic rings. The average Bonchev–Trinajstić information content (AvgIpc) is 2.58. The van der Waals surface area contributed by atoms with Crippen LogP contribution in [0.15, 0.2) is 53.5 Å². The van der Waals surface area contributed by atoms with Crippen LogP contribution in [-0.2, 0) is 19.3 Å². The Morgan fingerprint density at radius 3 is 2.12 bits per heavy atom. The minimum Gasteiger partial charge on any atom is -0.508 e. The van der Waals surface area contributed by atoms with Crippen LogP contribution in [0.5, 0.6) is 5.75 Å². The lowest BCUT2D eigenvalue weighted by Gasteiger charge is -2.12. The minimum atomic E-state index is -4.33. The van der Waals surface area contributed by atoms with E-state index in [-0.39, 0.29) is 5.75 Å². The lowest BCUT2D eigenvalue weighted by molar-refractivity contribution is -0.137. The number of phenols is 1. The van der Waals surface area contributed by atoms with Gasteiger partial charge in [0.15, 0.2) is 5.96 Å². The third kappa shape index (κ3) is 6.02. The van der Waals surface area contributed by atoms with Crippen molar-refractivity contribution >= 4 is 5.96 Å². The molecule has 7 heteroatoms. The third-order valence-electron chi connectivity index (χ3n) is 3.44. The number of benzene rings is 2. The predicted octanol–water partition coefficient (Wildman–Crippen LogP) is 3.67. The first-order valence-corrected chi connectivity index (χ1v) is 7.84. The van der Waals surface area contributed by atoms with Gasteiger partial charge in [0, 0.05) is 13.1 Å². The summed E-state index contributed by atoms with van der Waals surface area (Å²) in [5, 5.41) is 15.4. The molecule has 134 valence electrons. The number of nitrogens with one attached hydrogen (secondary N) is 2. The maximum Gasteiger partial charge on any atom is 0.416 e. The molecule has 0 aromatic heterocycles. The van der Waals surface area contributed by atoms with Gasteiger partial charge in [-0.3, -0.25) is 0 Å². The first kappa shape index (κ1) is 18.6. The van der Waals surface area contributed by atoms with Gasteiger partial charge in [0.1, 0.15) is 5.75 Å². The van der Waals surface area contributed by atoms with E-state index >= 15 is 0 Å². The van der Waals surface area contributed by atoms with Crippen LogP contribution in [0.4, 0.5) is 13.2 Å². The van der Waals surface area contributed by atoms with E-state index < -0.39 is 11.7 Å². The van der Waals surface area contributed by atoms with Crippen molar-refractivity contribution < 1.29 is 18.3 Å². The maximum absolute atomic E-state index is 12.6. The number of nitrogens with zero attached hydrogens (tertiary/aromatic N) is 1. The largest absolute Gasteiger partial charge is 0.508 e. The van der Waals surface area contributed by atoms with Crippen LogP contribution in [0.3, 0.4) is 0 Å². The Morgan fingerprint density at radius 1 is 0.960 bits per heavy atom. The molecule has 2 rings (SSSR count). The van der Waals surface area contributed by atoms with Crippen molar-refractivity contribution in [2.45, 2.75) is 26.2 Å². The third-order valence-corrected chi connectivity index (χ3v) is 3.44. The Hall–Kier alpha value is -2.70. The number of rotatable bonds is 5. The Morgan fingerprint density at radius 2 is 1.56 bits per heavy atom. The van der Waals surface area contributed by atoms with Crippen molar-refractivity contribution in [2.75, 3.05) is 6.54 Å². The molecule has 4 nitrogen and oxygen atoms in total. The SMILES string of the molecule is CCNC(=NCc1ccc(O)cc1)NCc1ccc(C(F)(F)F)cc1. The molecule has 0 radical (unpaired) electrons. The van der Waals surface area contributed by atoms with Crippen molar-refractivity contribution in [2.24, 2.45) is 4.99 Å². The second-order valence-corrected chi connectivity index (χ2v) is 5.41. The van der Waals surface area contributed by atoms with Gasteiger partial charge in [-0.25, -0.2) is 4.99 Å². The van der Waals surface area contributed by atoms with Gasteiger partial charge >= 0.3 is 6.18 Å². The number of hydrogen-bond acceptors (Lipinski definition) is 2. The van der Waals surface area contributed by atoms with E-state index in [2.05, 4.69) is 15.6 Å². The quantitative estimate of drug-likeness (QED) is 0.569. The van der Waals surface area contributed by atoms with E-state index in [1.165, 1.54) is 12.1 Å². The average molecular weight is 351 g/mol. The normalized spacial score (nSPS) is 12.1. The van der Waals surface area contributed by atoms with Gasteiger partial charge in [-0.2, -0.15) is 13.2 Å². The topological polar surface area (TPSA) is 56.7 Å². The van der Waals surface area contributed by atoms with Gasteiger partial charge in [-0.15, -0.1) is 0 Å². The molecule has 0 fully saturated rings. The summed E-state index contributed by atoms with van der Waals surface area (Å²) in [6, 6.07) is 11.8. The molecule has 0 saturated carbocycles. The van der Waals surface area contributed by atoms with Gasteiger partial charge in [0.05, 0.1) is 12.1 Å². The molecule has 2 aromatic carbocycles. The number of guanidine groups is 1. The Bertz CT molecular complexity index is 695. The first-order chi connectivity index (χ1) is 11.9. The molecular weight excluding hydrogens is 331 g/mol. The number of aromatic hydroxyl groups is 1. The van der Waals surface area contributed by atoms with E-state index in [0.717, 1.165) is 23.3 Å². The second kappa shape index (κ2) is 8.41. The molecule has 3 N–H and O–H groups in total. The molecule has 0 amide bonds. The number of hydrogen-bond donors (Lipinski definition) is 3. The zero-order valence-corrected chi connectivity index (χ0v) is 13.8. The molecule has 2 aromatic rings. The number of aliphatic imine (C=N–C) groups is 1. The summed E-state index contributed by atoms with van der Waals surface area (Å²) in [4.78, 5) is 4.42. The molecule has 0 aliphatic carbocycles. The van der Waals surface area contributed by atoms with Gasteiger partial charge in [-0.05, 0) is 42.3 Å². The standard InChI is InChI=1S/C18H20F3N3O/c1-2-22-17(24-12-14-5-9-16(25)10-6-14)23-11-13-3-7-15(8-4-13)18(19,20)21/h3-10,25H,2,11-12H2,1H3,(H2,22,23,24). The van der Waals surface area contributed by atoms with Gasteiger partial charge in [-0.1, -0.05) is 24.3 Å². The number of alkyl halides is 3. The van der Waals surface area contributed by atoms with E-state index in [9.17, 15) is 18.3 Å². The zero-order chi connectivity index (χ0) is 18.3. The molecule has 0 atom stereocenters. The first-order valence-electron chi connectivity index (χ1n) is 7.84. The number of phenolic OH excluding ortho intramolecular Hbond substituents is 1. The highest BCUT2D eigenvalue weighted by Crippen LogP contribution is 2.29. The summed E-state index contributed by atoms with van der Waals surface area (Å²) in [6.07, 6.45) is -4.33. The molecule has 0 unspecified atom stereocenters. The van der Waals surface area contributed by atoms with Crippen LogP contribution >= 0.6 is 0 Å². The summed E-state index contributed by atoms with van der Waals surface area (Å²) in [5.41, 5.74) is 0.997. The van der Waals surface area contributed by atoms with Crippen LogP contribution in [-0.4, -0.2) is 17.6 Å². The van der Waals surface area contributed by atoms with Crippen LogP contribution in [0.2, 0.25) is 0 Å². The lowest BCUT2D eigenvalue weighted by Crippen LogP contribution is -2.36. The fraction of sp³-hybridized carbons (Fsp3) is 0.278. The second-order valence-electron chi connectivity index (χ2n) is 5.41. The molecule has 0 aliphatic heterocycles. The van der Waals surface area contributed by atoms with E-state index in [0.29, 0.717) is 25.6 Å². The predicted molar refractivity (Wildman–Crippen MR) is 91.2 cm³/mol. The van der Waals surface area contributed by atoms with E-state index in [1.807, 2.05) is 6.92 Å². The van der Waals surface area contributed by atoms with Gasteiger partial charge < -0.3 is 15.7 Å². The fourth-order valence-electron chi connectivity index (χ4n) is 2.11. The Labute approximate surface area is 144 Å². The zero-order valence-electron chi connectivity index (χ0n) is 13.8. The maximum atomic E-state index is 12.6. The van der Waals surface area contributed by atoms with Crippen LogP contribution < -0.4 is 10.6 Å². The van der Waals surface area contributed by atoms with Gasteiger partial charge in [0.2, 0.25) is 0 Å². The van der Waals surface area contributed by atoms with Crippen molar-refractivity contribution in [3.63, 3.8) is 0 Å². The minimum absolute atomic E-state index is 0.195. The molecular formula is C18H20F3N3O. The highest BCUT2D eigenvalue weighted by molar-refractivity contribution is 5.79. The summed E-state index contributed by atoms with van der Waals surface area (Å²) in [5.74, 6) is 0.760. The van der Waals surface area contributed by atoms with Gasteiger partial charge in [0.25, 0.3) is 0 Å². The van der Waals surface area contributed by atoms with Crippen LogP contribution in [0.25, 0.3) is 0 Å². The summed E-state index contributed by atoms with van der Waals surface area (Å²) in [7, 11) is 0. The monoisotopic (exact) mass is 351 g/mol. The summed E-state index contributed by atoms with van der Waals surface area (Å²) >= 11 is 0. The fourth-order valence-corrected chi connectivity index (χ4v) is 2.11. The van der Waals surface area contributed by atoms with Crippen molar-refractivity contribution in [1.29, 1.82) is 0 Å². The summed E-state index contributed by atoms with van der Waals surface area (Å²) in [6.45, 7) is 3.37. The summed E-state index contributed by atoms with van der Waals surface area (Å²) < 4.78 is 37.7. The van der Waals surface area contributed by atoms with E-state index in [1.54, 1.807) is 24.3 Å².